The number of hydrogen-bond acceptors (Lipinski definition) is 6. The van der Waals surface area contributed by atoms with Crippen molar-refractivity contribution in [2.75, 3.05) is 0 Å². The Labute approximate surface area is 272 Å². The van der Waals surface area contributed by atoms with Crippen molar-refractivity contribution in [2.24, 2.45) is 0 Å². The molecule has 0 radical (unpaired) electrons. The Morgan fingerprint density at radius 1 is 0.511 bits per heavy atom. The van der Waals surface area contributed by atoms with Crippen LogP contribution in [0, 0.1) is 0 Å². The second kappa shape index (κ2) is 10.2. The fourth-order valence-electron chi connectivity index (χ4n) is 6.63. The molecule has 0 spiro atoms. The SMILES string of the molecule is c1ccc(-c2nc(-c3cccc4sc5c(-c6nc7ccccc7o6)cccc5c34)nc(-n3c4ccccc4c4ccccc43)n2)cc1. The maximum atomic E-state index is 6.22. The van der Waals surface area contributed by atoms with Crippen LogP contribution >= 0.6 is 11.3 Å². The highest BCUT2D eigenvalue weighted by atomic mass is 32.1. The molecule has 0 saturated heterocycles. The predicted molar refractivity (Wildman–Crippen MR) is 191 cm³/mol. The molecule has 7 heteroatoms. The van der Waals surface area contributed by atoms with E-state index in [0.29, 0.717) is 23.5 Å². The van der Waals surface area contributed by atoms with Crippen molar-refractivity contribution in [3.63, 3.8) is 0 Å². The summed E-state index contributed by atoms with van der Waals surface area (Å²) >= 11 is 1.73. The van der Waals surface area contributed by atoms with E-state index in [1.807, 2.05) is 54.6 Å². The summed E-state index contributed by atoms with van der Waals surface area (Å²) in [5.41, 5.74) is 6.57. The number of benzene rings is 6. The van der Waals surface area contributed by atoms with Crippen LogP contribution < -0.4 is 0 Å². The van der Waals surface area contributed by atoms with Gasteiger partial charge in [-0.05, 0) is 36.4 Å². The summed E-state index contributed by atoms with van der Waals surface area (Å²) in [7, 11) is 0. The zero-order valence-corrected chi connectivity index (χ0v) is 25.6. The molecule has 0 saturated carbocycles. The van der Waals surface area contributed by atoms with Crippen LogP contribution in [0.1, 0.15) is 0 Å². The first-order chi connectivity index (χ1) is 23.3. The summed E-state index contributed by atoms with van der Waals surface area (Å²) in [6.07, 6.45) is 0. The number of oxazole rings is 1. The third-order valence-electron chi connectivity index (χ3n) is 8.72. The third-order valence-corrected chi connectivity index (χ3v) is 9.93. The molecule has 0 aliphatic heterocycles. The number of aromatic nitrogens is 5. The molecule has 4 heterocycles. The summed E-state index contributed by atoms with van der Waals surface area (Å²) < 4.78 is 10.6. The maximum absolute atomic E-state index is 6.22. The van der Waals surface area contributed by atoms with E-state index >= 15 is 0 Å². The predicted octanol–water partition coefficient (Wildman–Crippen LogP) is 10.5. The molecule has 0 bridgehead atoms. The maximum Gasteiger partial charge on any atom is 0.238 e. The van der Waals surface area contributed by atoms with Gasteiger partial charge in [-0.2, -0.15) is 9.97 Å². The fourth-order valence-corrected chi connectivity index (χ4v) is 7.86. The molecule has 4 aromatic heterocycles. The van der Waals surface area contributed by atoms with Crippen LogP contribution in [-0.2, 0) is 0 Å². The van der Waals surface area contributed by atoms with Gasteiger partial charge in [0.1, 0.15) is 5.52 Å². The highest BCUT2D eigenvalue weighted by Gasteiger charge is 2.21. The smallest absolute Gasteiger partial charge is 0.238 e. The molecule has 0 aliphatic carbocycles. The summed E-state index contributed by atoms with van der Waals surface area (Å²) in [6, 6.07) is 47.5. The second-order valence-electron chi connectivity index (χ2n) is 11.5. The Hall–Kier alpha value is -6.18. The first-order valence-corrected chi connectivity index (χ1v) is 16.2. The van der Waals surface area contributed by atoms with Gasteiger partial charge in [-0.3, -0.25) is 4.57 Å². The van der Waals surface area contributed by atoms with Crippen LogP contribution in [0.5, 0.6) is 0 Å². The fraction of sp³-hybridized carbons (Fsp3) is 0. The van der Waals surface area contributed by atoms with Crippen molar-refractivity contribution in [1.82, 2.24) is 24.5 Å². The molecule has 0 fully saturated rings. The molecule has 0 atom stereocenters. The van der Waals surface area contributed by atoms with Gasteiger partial charge in [0, 0.05) is 42.1 Å². The van der Waals surface area contributed by atoms with Gasteiger partial charge in [-0.25, -0.2) is 9.97 Å². The Morgan fingerprint density at radius 3 is 1.98 bits per heavy atom. The molecular weight excluding hydrogens is 599 g/mol. The van der Waals surface area contributed by atoms with Crippen molar-refractivity contribution in [1.29, 1.82) is 0 Å². The molecule has 0 amide bonds. The van der Waals surface area contributed by atoms with Crippen LogP contribution in [0.25, 0.3) is 93.3 Å². The van der Waals surface area contributed by atoms with E-state index in [0.717, 1.165) is 69.8 Å². The zero-order valence-electron chi connectivity index (χ0n) is 24.8. The summed E-state index contributed by atoms with van der Waals surface area (Å²) in [4.78, 5) is 20.3. The Bertz CT molecular complexity index is 2730. The summed E-state index contributed by atoms with van der Waals surface area (Å²) in [6.45, 7) is 0. The minimum absolute atomic E-state index is 0.579. The monoisotopic (exact) mass is 621 g/mol. The molecule has 0 unspecified atom stereocenters. The van der Waals surface area contributed by atoms with E-state index in [1.165, 1.54) is 0 Å². The highest BCUT2D eigenvalue weighted by molar-refractivity contribution is 7.26. The van der Waals surface area contributed by atoms with Gasteiger partial charge in [-0.15, -0.1) is 11.3 Å². The third kappa shape index (κ3) is 4.03. The molecule has 220 valence electrons. The normalized spacial score (nSPS) is 11.8. The Morgan fingerprint density at radius 2 is 1.17 bits per heavy atom. The average molecular weight is 622 g/mol. The Kier molecular flexibility index (Phi) is 5.64. The number of hydrogen-bond donors (Lipinski definition) is 0. The van der Waals surface area contributed by atoms with E-state index in [-0.39, 0.29) is 0 Å². The van der Waals surface area contributed by atoms with Crippen LogP contribution in [0.15, 0.2) is 144 Å². The molecule has 6 aromatic carbocycles. The molecule has 6 nitrogen and oxygen atoms in total. The highest BCUT2D eigenvalue weighted by Crippen LogP contribution is 2.44. The molecule has 10 rings (SSSR count). The first kappa shape index (κ1) is 26.1. The van der Waals surface area contributed by atoms with Crippen molar-refractivity contribution in [3.05, 3.63) is 140 Å². The van der Waals surface area contributed by atoms with Gasteiger partial charge in [0.25, 0.3) is 0 Å². The largest absolute Gasteiger partial charge is 0.436 e. The minimum Gasteiger partial charge on any atom is -0.436 e. The van der Waals surface area contributed by atoms with Gasteiger partial charge in [-0.1, -0.05) is 103 Å². The lowest BCUT2D eigenvalue weighted by Gasteiger charge is -2.11. The van der Waals surface area contributed by atoms with Crippen LogP contribution in [-0.4, -0.2) is 24.5 Å². The molecule has 10 aromatic rings. The standard InChI is InChI=1S/C40H23N5OS/c1-2-12-24(13-3-1)37-42-38(44-40(43-37)45-31-20-7-4-14-25(31)26-15-5-8-21-32(26)45)28-17-11-23-34-35(28)27-16-10-18-29(36(27)47-34)39-41-30-19-6-9-22-33(30)46-39/h1-23H. The molecular formula is C40H23N5OS. The van der Waals surface area contributed by atoms with Gasteiger partial charge < -0.3 is 4.42 Å². The number of rotatable bonds is 4. The topological polar surface area (TPSA) is 69.6 Å². The summed E-state index contributed by atoms with van der Waals surface area (Å²) in [5.74, 6) is 2.43. The van der Waals surface area contributed by atoms with Crippen LogP contribution in [0.4, 0.5) is 0 Å². The van der Waals surface area contributed by atoms with Gasteiger partial charge in [0.2, 0.25) is 11.8 Å². The van der Waals surface area contributed by atoms with E-state index in [2.05, 4.69) is 89.5 Å². The van der Waals surface area contributed by atoms with Crippen molar-refractivity contribution >= 4 is 64.4 Å². The van der Waals surface area contributed by atoms with Crippen molar-refractivity contribution < 1.29 is 4.42 Å². The van der Waals surface area contributed by atoms with Crippen LogP contribution in [0.3, 0.4) is 0 Å². The number of thiophene rings is 1. The summed E-state index contributed by atoms with van der Waals surface area (Å²) in [5, 5.41) is 4.53. The van der Waals surface area contributed by atoms with Crippen molar-refractivity contribution in [2.45, 2.75) is 0 Å². The van der Waals surface area contributed by atoms with Crippen LogP contribution in [0.2, 0.25) is 0 Å². The van der Waals surface area contributed by atoms with E-state index < -0.39 is 0 Å². The first-order valence-electron chi connectivity index (χ1n) is 15.4. The minimum atomic E-state index is 0.579. The second-order valence-corrected chi connectivity index (χ2v) is 12.5. The van der Waals surface area contributed by atoms with Crippen molar-refractivity contribution in [3.8, 4) is 40.2 Å². The molecule has 0 N–H and O–H groups in total. The number of para-hydroxylation sites is 4. The number of nitrogens with zero attached hydrogens (tertiary/aromatic N) is 5. The zero-order chi connectivity index (χ0) is 30.9. The molecule has 47 heavy (non-hydrogen) atoms. The van der Waals surface area contributed by atoms with E-state index in [9.17, 15) is 0 Å². The lowest BCUT2D eigenvalue weighted by molar-refractivity contribution is 0.621. The lowest BCUT2D eigenvalue weighted by atomic mass is 10.0. The Balaban J connectivity index is 1.25. The van der Waals surface area contributed by atoms with Gasteiger partial charge in [0.05, 0.1) is 16.6 Å². The molecule has 0 aliphatic rings. The van der Waals surface area contributed by atoms with E-state index in [1.54, 1.807) is 11.3 Å². The van der Waals surface area contributed by atoms with E-state index in [4.69, 9.17) is 24.4 Å². The quantitative estimate of drug-likeness (QED) is 0.196. The number of fused-ring (bicyclic) bond motifs is 7. The van der Waals surface area contributed by atoms with Gasteiger partial charge in [0.15, 0.2) is 17.2 Å². The lowest BCUT2D eigenvalue weighted by Crippen LogP contribution is -2.06. The van der Waals surface area contributed by atoms with Gasteiger partial charge >= 0.3 is 0 Å². The average Bonchev–Trinajstić information content (AvgIpc) is 3.83.